The molecule has 0 bridgehead atoms. The molecule has 0 saturated carbocycles. The number of hydrogen-bond donors (Lipinski definition) is 5. The van der Waals surface area contributed by atoms with Crippen LogP contribution in [-0.2, 0) is 103 Å². The first-order valence-corrected chi connectivity index (χ1v) is 33.0. The molecule has 500 valence electrons. The summed E-state index contributed by atoms with van der Waals surface area (Å²) < 4.78 is 101. The van der Waals surface area contributed by atoms with Crippen LogP contribution >= 0.6 is 0 Å². The fraction of sp³-hybridized carbons (Fsp3) is 0.870. The minimum Gasteiger partial charge on any atom is -0.481 e. The Labute approximate surface area is 507 Å². The van der Waals surface area contributed by atoms with Gasteiger partial charge in [-0.1, -0.05) is 72.2 Å². The van der Waals surface area contributed by atoms with E-state index in [2.05, 4.69) is 45.1 Å². The van der Waals surface area contributed by atoms with E-state index >= 15 is 0 Å². The van der Waals surface area contributed by atoms with Crippen molar-refractivity contribution in [2.75, 3.05) is 161 Å². The van der Waals surface area contributed by atoms with Gasteiger partial charge in [0.1, 0.15) is 12.2 Å². The molecule has 4 rings (SSSR count). The monoisotopic (exact) mass is 1260 g/mol. The van der Waals surface area contributed by atoms with Crippen molar-refractivity contribution < 1.29 is 92.0 Å². The molecule has 31 heteroatoms. The average Bonchev–Trinajstić information content (AvgIpc) is 2.97. The predicted octanol–water partition coefficient (Wildman–Crippen LogP) is 0.802. The van der Waals surface area contributed by atoms with Crippen LogP contribution in [-0.4, -0.2) is 276 Å². The number of carboxylic acids is 1. The normalized spacial score (nSPS) is 17.5. The second kappa shape index (κ2) is 46.2. The summed E-state index contributed by atoms with van der Waals surface area (Å²) in [5.74, 6) is -4.49. The first kappa shape index (κ1) is 79.1. The molecule has 0 radical (unpaired) electrons. The zero-order chi connectivity index (χ0) is 62.2. The van der Waals surface area contributed by atoms with E-state index in [1.165, 1.54) is 19.8 Å². The molecule has 7 unspecified atom stereocenters. The second-order valence-corrected chi connectivity index (χ2v) is 24.5. The number of carbonyl (C=O) groups excluding carboxylic acids is 2. The molecule has 0 spiro atoms. The standard InChI is InChI=1S/C47H84N10O19S2.C4H10.C2H6.CH4.2H2/c1-5-74-47(63)43(76-35-37(3)45(60)49-7-15-69-19-23-73-25-21-71-17-9-57-33-40(51-53-57)31-55-12-28-78(66,67)29-13-55)42(41(58)38(4)46(61)62)75-34-36(2)44(59)48-6-14-68-18-22-72-24-20-70-16-8-56-32-39(50-52-56)30-54-10-26-77(64,65)27-11-54;1-3-4-2;1-2;;;/h32-33,36-38,41-43,47,58,63H,5-31,34-35H2,1-4H3,(H,48,59)(H,49,60)(H,61,62);3-4H2,1-2H3;1-2H3;1H4;2*1H. The van der Waals surface area contributed by atoms with Crippen LogP contribution in [0.25, 0.3) is 0 Å². The Morgan fingerprint density at radius 2 is 0.929 bits per heavy atom. The van der Waals surface area contributed by atoms with Gasteiger partial charge in [0.25, 0.3) is 0 Å². The van der Waals surface area contributed by atoms with Gasteiger partial charge in [0, 0.05) is 74.2 Å². The van der Waals surface area contributed by atoms with Crippen molar-refractivity contribution in [2.24, 2.45) is 17.8 Å². The molecular weight excluding hydrogens is 1160 g/mol. The molecule has 2 aliphatic rings. The van der Waals surface area contributed by atoms with Crippen molar-refractivity contribution in [1.82, 2.24) is 50.4 Å². The number of unbranched alkanes of at least 4 members (excludes halogenated alkanes) is 1. The van der Waals surface area contributed by atoms with Crippen LogP contribution in [0.2, 0.25) is 0 Å². The van der Waals surface area contributed by atoms with Crippen LogP contribution in [0.3, 0.4) is 0 Å². The Morgan fingerprint density at radius 1 is 0.576 bits per heavy atom. The Balaban J connectivity index is 0. The third kappa shape index (κ3) is 35.0. The fourth-order valence-corrected chi connectivity index (χ4v) is 10.2. The second-order valence-electron chi connectivity index (χ2n) is 19.9. The number of carbonyl (C=O) groups is 3. The van der Waals surface area contributed by atoms with Crippen LogP contribution in [0.4, 0.5) is 0 Å². The summed E-state index contributed by atoms with van der Waals surface area (Å²) in [6, 6.07) is 0. The number of nitrogens with zero attached hydrogens (tertiary/aromatic N) is 8. The maximum absolute atomic E-state index is 13.0. The fourth-order valence-electron chi connectivity index (χ4n) is 7.64. The lowest BCUT2D eigenvalue weighted by Crippen LogP contribution is -2.53. The molecular formula is C54H108N10O19S2. The number of ether oxygens (including phenoxy) is 9. The highest BCUT2D eigenvalue weighted by Crippen LogP contribution is 2.22. The van der Waals surface area contributed by atoms with E-state index in [1.807, 2.05) is 36.0 Å². The van der Waals surface area contributed by atoms with E-state index in [-0.39, 0.29) is 92.6 Å². The summed E-state index contributed by atoms with van der Waals surface area (Å²) in [7, 11) is -5.88. The lowest BCUT2D eigenvalue weighted by atomic mass is 9.95. The van der Waals surface area contributed by atoms with Gasteiger partial charge in [-0.15, -0.1) is 10.2 Å². The smallest absolute Gasteiger partial charge is 0.308 e. The largest absolute Gasteiger partial charge is 0.481 e. The number of rotatable bonds is 44. The molecule has 4 heterocycles. The number of aromatic nitrogens is 6. The van der Waals surface area contributed by atoms with E-state index in [0.717, 1.165) is 11.4 Å². The van der Waals surface area contributed by atoms with Gasteiger partial charge in [-0.2, -0.15) is 0 Å². The van der Waals surface area contributed by atoms with Gasteiger partial charge in [0.2, 0.25) is 11.8 Å². The minimum absolute atomic E-state index is 0. The number of aliphatic hydroxyl groups is 2. The summed E-state index contributed by atoms with van der Waals surface area (Å²) in [5, 5.41) is 53.9. The number of carboxylic acid groups (broad SMARTS) is 1. The first-order chi connectivity index (χ1) is 40.3. The van der Waals surface area contributed by atoms with Crippen LogP contribution in [0.5, 0.6) is 0 Å². The Bertz CT molecular complexity index is 2270. The molecule has 2 aromatic rings. The third-order valence-corrected chi connectivity index (χ3v) is 16.2. The summed E-state index contributed by atoms with van der Waals surface area (Å²) in [6.07, 6.45) is -0.116. The molecule has 0 aliphatic carbocycles. The van der Waals surface area contributed by atoms with Gasteiger partial charge in [-0.3, -0.25) is 24.2 Å². The molecule has 85 heavy (non-hydrogen) atoms. The molecule has 2 aliphatic heterocycles. The summed E-state index contributed by atoms with van der Waals surface area (Å²) >= 11 is 0. The SMILES string of the molecule is C.CC.CCCC.CCOC(O)C(OCC(C)C(=O)NCCOCCOCCOCCn1cc(CN2CCS(=O)(=O)CC2)nn1)C(OCC(C)C(=O)NCCOCCOCCOCCn1cc(CN2CCS(=O)(=O)CC2)nn1)C(O)C(C)C(=O)O.[HH].[HH]. The Kier molecular flexibility index (Phi) is 43.0. The predicted molar refractivity (Wildman–Crippen MR) is 320 cm³/mol. The van der Waals surface area contributed by atoms with Crippen molar-refractivity contribution in [1.29, 1.82) is 0 Å². The first-order valence-electron chi connectivity index (χ1n) is 29.4. The van der Waals surface area contributed by atoms with Crippen LogP contribution in [0, 0.1) is 17.8 Å². The highest BCUT2D eigenvalue weighted by Gasteiger charge is 2.41. The van der Waals surface area contributed by atoms with Gasteiger partial charge < -0.3 is 68.6 Å². The third-order valence-electron chi connectivity index (χ3n) is 13.0. The zero-order valence-corrected chi connectivity index (χ0v) is 52.5. The molecule has 2 fully saturated rings. The van der Waals surface area contributed by atoms with Crippen LogP contribution < -0.4 is 10.6 Å². The van der Waals surface area contributed by atoms with E-state index in [0.29, 0.717) is 105 Å². The lowest BCUT2D eigenvalue weighted by Gasteiger charge is -2.35. The van der Waals surface area contributed by atoms with Gasteiger partial charge in [0.05, 0.1) is 164 Å². The van der Waals surface area contributed by atoms with Crippen molar-refractivity contribution >= 4 is 37.5 Å². The molecule has 7 atom stereocenters. The Hall–Kier alpha value is -3.93. The van der Waals surface area contributed by atoms with Crippen molar-refractivity contribution in [3.8, 4) is 0 Å². The number of hydrogen-bond acceptors (Lipinski definition) is 24. The molecule has 0 aromatic carbocycles. The number of aliphatic carboxylic acids is 1. The molecule has 2 amide bonds. The Morgan fingerprint density at radius 3 is 1.28 bits per heavy atom. The quantitative estimate of drug-likeness (QED) is 0.0452. The molecule has 2 aromatic heterocycles. The van der Waals surface area contributed by atoms with Crippen LogP contribution in [0.15, 0.2) is 12.4 Å². The summed E-state index contributed by atoms with van der Waals surface area (Å²) in [6.45, 7) is 21.9. The van der Waals surface area contributed by atoms with Gasteiger partial charge in [0.15, 0.2) is 26.0 Å². The van der Waals surface area contributed by atoms with Crippen molar-refractivity contribution in [3.05, 3.63) is 23.8 Å². The zero-order valence-electron chi connectivity index (χ0n) is 50.9. The molecule has 2 saturated heterocycles. The maximum Gasteiger partial charge on any atom is 0.308 e. The average molecular weight is 1270 g/mol. The number of nitrogens with one attached hydrogen (secondary N) is 2. The van der Waals surface area contributed by atoms with Crippen molar-refractivity contribution in [3.63, 3.8) is 0 Å². The lowest BCUT2D eigenvalue weighted by molar-refractivity contribution is -0.235. The van der Waals surface area contributed by atoms with Gasteiger partial charge in [-0.05, 0) is 13.8 Å². The van der Waals surface area contributed by atoms with Gasteiger partial charge >= 0.3 is 5.97 Å². The summed E-state index contributed by atoms with van der Waals surface area (Å²) in [4.78, 5) is 42.0. The summed E-state index contributed by atoms with van der Waals surface area (Å²) in [5.41, 5.74) is 1.53. The van der Waals surface area contributed by atoms with Gasteiger partial charge in [-0.25, -0.2) is 26.2 Å². The minimum atomic E-state index is -2.94. The van der Waals surface area contributed by atoms with Crippen LogP contribution in [0.1, 0.15) is 89.9 Å². The highest BCUT2D eigenvalue weighted by atomic mass is 32.2. The number of sulfone groups is 2. The molecule has 5 N–H and O–H groups in total. The highest BCUT2D eigenvalue weighted by molar-refractivity contribution is 7.91. The van der Waals surface area contributed by atoms with E-state index in [4.69, 9.17) is 42.6 Å². The maximum atomic E-state index is 13.0. The van der Waals surface area contributed by atoms with E-state index in [1.54, 1.807) is 30.1 Å². The van der Waals surface area contributed by atoms with E-state index < -0.39 is 79.8 Å². The number of amides is 2. The molecule has 29 nitrogen and oxygen atoms in total. The van der Waals surface area contributed by atoms with E-state index in [9.17, 15) is 46.5 Å². The van der Waals surface area contributed by atoms with Crippen molar-refractivity contribution in [2.45, 2.75) is 126 Å². The number of aliphatic hydroxyl groups excluding tert-OH is 2. The topological polar surface area (TPSA) is 355 Å².